The average Bonchev–Trinajstić information content (AvgIpc) is 2.41. The van der Waals surface area contributed by atoms with Gasteiger partial charge in [0, 0.05) is 6.07 Å². The third-order valence-corrected chi connectivity index (χ3v) is 3.03. The first-order valence-corrected chi connectivity index (χ1v) is 6.41. The second kappa shape index (κ2) is 6.63. The fourth-order valence-electron chi connectivity index (χ4n) is 1.84. The molecule has 10 heteroatoms. The van der Waals surface area contributed by atoms with E-state index < -0.39 is 51.7 Å². The summed E-state index contributed by atoms with van der Waals surface area (Å²) in [7, 11) is 0. The van der Waals surface area contributed by atoms with Gasteiger partial charge in [-0.25, -0.2) is 0 Å². The van der Waals surface area contributed by atoms with E-state index in [4.69, 9.17) is 5.73 Å². The van der Waals surface area contributed by atoms with Crippen molar-refractivity contribution in [1.82, 2.24) is 5.32 Å². The highest BCUT2D eigenvalue weighted by atomic mass is 19.4. The number of alkyl halides is 3. The van der Waals surface area contributed by atoms with Gasteiger partial charge in [0.15, 0.2) is 0 Å². The lowest BCUT2D eigenvalue weighted by Gasteiger charge is -2.19. The van der Waals surface area contributed by atoms with Crippen LogP contribution in [0.4, 0.5) is 18.9 Å². The van der Waals surface area contributed by atoms with E-state index in [-0.39, 0.29) is 6.07 Å². The zero-order valence-electron chi connectivity index (χ0n) is 12.2. The first-order chi connectivity index (χ1) is 10.4. The molecule has 0 saturated carbocycles. The summed E-state index contributed by atoms with van der Waals surface area (Å²) in [5.74, 6) is -2.31. The number of nitrogens with two attached hydrogens (primary N) is 1. The molecule has 0 radical (unpaired) electrons. The Hall–Kier alpha value is -2.65. The van der Waals surface area contributed by atoms with Gasteiger partial charge in [-0.1, -0.05) is 13.8 Å². The number of benzene rings is 1. The normalized spacial score (nSPS) is 12.8. The van der Waals surface area contributed by atoms with Crippen molar-refractivity contribution in [3.8, 4) is 0 Å². The van der Waals surface area contributed by atoms with Crippen LogP contribution in [0.25, 0.3) is 0 Å². The molecule has 0 saturated heterocycles. The average molecular weight is 333 g/mol. The molecule has 0 aliphatic heterocycles. The number of nitrogens with zero attached hydrogens (tertiary/aromatic N) is 1. The van der Waals surface area contributed by atoms with Crippen LogP contribution < -0.4 is 11.1 Å². The Morgan fingerprint density at radius 2 is 1.87 bits per heavy atom. The fourth-order valence-corrected chi connectivity index (χ4v) is 1.84. The molecule has 1 aromatic rings. The Balaban J connectivity index is 3.24. The highest BCUT2D eigenvalue weighted by Crippen LogP contribution is 2.33. The highest BCUT2D eigenvalue weighted by molar-refractivity contribution is 6.00. The molecule has 0 aliphatic carbocycles. The van der Waals surface area contributed by atoms with E-state index in [2.05, 4.69) is 5.32 Å². The van der Waals surface area contributed by atoms with Gasteiger partial charge in [0.25, 0.3) is 11.6 Å². The van der Waals surface area contributed by atoms with Crippen LogP contribution in [-0.4, -0.2) is 22.8 Å². The number of carbonyl (C=O) groups is 2. The fraction of sp³-hybridized carbons (Fsp3) is 0.385. The number of nitro groups is 1. The molecule has 0 spiro atoms. The Morgan fingerprint density at radius 3 is 2.26 bits per heavy atom. The van der Waals surface area contributed by atoms with E-state index in [0.29, 0.717) is 12.1 Å². The zero-order valence-corrected chi connectivity index (χ0v) is 12.2. The summed E-state index contributed by atoms with van der Waals surface area (Å²) in [6, 6.07) is 0.402. The summed E-state index contributed by atoms with van der Waals surface area (Å²) >= 11 is 0. The summed E-state index contributed by atoms with van der Waals surface area (Å²) < 4.78 is 37.8. The van der Waals surface area contributed by atoms with Gasteiger partial charge in [0.1, 0.15) is 11.6 Å². The van der Waals surface area contributed by atoms with Gasteiger partial charge < -0.3 is 11.1 Å². The second-order valence-corrected chi connectivity index (χ2v) is 5.08. The van der Waals surface area contributed by atoms with E-state index in [0.717, 1.165) is 0 Å². The summed E-state index contributed by atoms with van der Waals surface area (Å²) in [5, 5.41) is 13.1. The third kappa shape index (κ3) is 4.41. The Bertz CT molecular complexity index is 644. The van der Waals surface area contributed by atoms with Gasteiger partial charge in [-0.3, -0.25) is 19.7 Å². The minimum absolute atomic E-state index is 0.267. The molecule has 0 aromatic heterocycles. The van der Waals surface area contributed by atoms with Crippen molar-refractivity contribution in [3.63, 3.8) is 0 Å². The van der Waals surface area contributed by atoms with Crippen LogP contribution in [0.15, 0.2) is 18.2 Å². The van der Waals surface area contributed by atoms with E-state index in [1.807, 2.05) is 0 Å². The number of primary amides is 1. The molecule has 1 aromatic carbocycles. The summed E-state index contributed by atoms with van der Waals surface area (Å²) in [6.45, 7) is 3.16. The molecule has 7 nitrogen and oxygen atoms in total. The number of nitro benzene ring substituents is 1. The predicted octanol–water partition coefficient (Wildman–Crippen LogP) is 1.85. The summed E-state index contributed by atoms with van der Waals surface area (Å²) in [6.07, 6.45) is -4.78. The standard InChI is InChI=1S/C13H14F3N3O4/c1-6(2)10(11(17)20)18-12(21)8-4-3-7(13(14,15)16)5-9(8)19(22)23/h3-6,10H,1-2H3,(H2,17,20)(H,18,21). The predicted molar refractivity (Wildman–Crippen MR) is 73.4 cm³/mol. The van der Waals surface area contributed by atoms with Crippen LogP contribution in [0.1, 0.15) is 29.8 Å². The molecule has 0 bridgehead atoms. The number of nitrogens with one attached hydrogen (secondary N) is 1. The third-order valence-electron chi connectivity index (χ3n) is 3.03. The maximum Gasteiger partial charge on any atom is 0.416 e. The molecular weight excluding hydrogens is 319 g/mol. The van der Waals surface area contributed by atoms with Gasteiger partial charge in [-0.15, -0.1) is 0 Å². The summed E-state index contributed by atoms with van der Waals surface area (Å²) in [4.78, 5) is 33.1. The summed E-state index contributed by atoms with van der Waals surface area (Å²) in [5.41, 5.74) is 2.26. The van der Waals surface area contributed by atoms with Crippen molar-refractivity contribution in [3.05, 3.63) is 39.4 Å². The lowest BCUT2D eigenvalue weighted by atomic mass is 10.0. The molecular formula is C13H14F3N3O4. The van der Waals surface area contributed by atoms with Gasteiger partial charge >= 0.3 is 6.18 Å². The van der Waals surface area contributed by atoms with Gasteiger partial charge in [0.2, 0.25) is 5.91 Å². The van der Waals surface area contributed by atoms with Gasteiger partial charge in [0.05, 0.1) is 10.5 Å². The van der Waals surface area contributed by atoms with Crippen LogP contribution in [0.5, 0.6) is 0 Å². The number of hydrogen-bond donors (Lipinski definition) is 2. The zero-order chi connectivity index (χ0) is 17.9. The quantitative estimate of drug-likeness (QED) is 0.632. The number of amides is 2. The van der Waals surface area contributed by atoms with Crippen LogP contribution in [0, 0.1) is 16.0 Å². The molecule has 3 N–H and O–H groups in total. The van der Waals surface area contributed by atoms with E-state index in [1.54, 1.807) is 13.8 Å². The van der Waals surface area contributed by atoms with E-state index in [1.165, 1.54) is 0 Å². The lowest BCUT2D eigenvalue weighted by Crippen LogP contribution is -2.47. The first kappa shape index (κ1) is 18.4. The maximum absolute atomic E-state index is 12.6. The molecule has 1 unspecified atom stereocenters. The highest BCUT2D eigenvalue weighted by Gasteiger charge is 2.34. The lowest BCUT2D eigenvalue weighted by molar-refractivity contribution is -0.385. The van der Waals surface area contributed by atoms with E-state index in [9.17, 15) is 32.9 Å². The van der Waals surface area contributed by atoms with Crippen LogP contribution in [-0.2, 0) is 11.0 Å². The second-order valence-electron chi connectivity index (χ2n) is 5.08. The molecule has 23 heavy (non-hydrogen) atoms. The minimum atomic E-state index is -4.78. The van der Waals surface area contributed by atoms with Crippen molar-refractivity contribution >= 4 is 17.5 Å². The number of rotatable bonds is 5. The van der Waals surface area contributed by atoms with Gasteiger partial charge in [-0.05, 0) is 18.1 Å². The number of halogens is 3. The van der Waals surface area contributed by atoms with Gasteiger partial charge in [-0.2, -0.15) is 13.2 Å². The number of hydrogen-bond acceptors (Lipinski definition) is 4. The SMILES string of the molecule is CC(C)C(NC(=O)c1ccc(C(F)(F)F)cc1[N+](=O)[O-])C(N)=O. The topological polar surface area (TPSA) is 115 Å². The van der Waals surface area contributed by atoms with Crippen LogP contribution in [0.2, 0.25) is 0 Å². The Labute approximate surface area is 128 Å². The first-order valence-electron chi connectivity index (χ1n) is 6.41. The molecule has 0 aliphatic rings. The molecule has 126 valence electrons. The van der Waals surface area contributed by atoms with Crippen molar-refractivity contribution in [1.29, 1.82) is 0 Å². The molecule has 1 rings (SSSR count). The van der Waals surface area contributed by atoms with Crippen molar-refractivity contribution in [2.45, 2.75) is 26.1 Å². The largest absolute Gasteiger partial charge is 0.416 e. The van der Waals surface area contributed by atoms with Crippen molar-refractivity contribution in [2.75, 3.05) is 0 Å². The molecule has 1 atom stereocenters. The minimum Gasteiger partial charge on any atom is -0.368 e. The molecule has 0 heterocycles. The monoisotopic (exact) mass is 333 g/mol. The molecule has 2 amide bonds. The van der Waals surface area contributed by atoms with Crippen molar-refractivity contribution < 1.29 is 27.7 Å². The Kier molecular flexibility index (Phi) is 5.30. The smallest absolute Gasteiger partial charge is 0.368 e. The Morgan fingerprint density at radius 1 is 1.30 bits per heavy atom. The van der Waals surface area contributed by atoms with E-state index >= 15 is 0 Å². The molecule has 0 fully saturated rings. The van der Waals surface area contributed by atoms with Crippen LogP contribution in [0.3, 0.4) is 0 Å². The van der Waals surface area contributed by atoms with Crippen molar-refractivity contribution in [2.24, 2.45) is 11.7 Å². The number of carbonyl (C=O) groups excluding carboxylic acids is 2. The maximum atomic E-state index is 12.6. The van der Waals surface area contributed by atoms with Crippen LogP contribution >= 0.6 is 0 Å².